The van der Waals surface area contributed by atoms with Crippen molar-refractivity contribution in [3.63, 3.8) is 0 Å². The summed E-state index contributed by atoms with van der Waals surface area (Å²) in [6.07, 6.45) is 0.915. The summed E-state index contributed by atoms with van der Waals surface area (Å²) in [6, 6.07) is 37.9. The smallest absolute Gasteiger partial charge is 0.303 e. The molecule has 1 aliphatic rings. The molecule has 1 saturated heterocycles. The topological polar surface area (TPSA) is 66.9 Å². The van der Waals surface area contributed by atoms with Gasteiger partial charge >= 0.3 is 5.97 Å². The van der Waals surface area contributed by atoms with Crippen molar-refractivity contribution in [2.24, 2.45) is 0 Å². The van der Waals surface area contributed by atoms with E-state index in [0.29, 0.717) is 19.3 Å². The summed E-state index contributed by atoms with van der Waals surface area (Å²) in [7, 11) is -3.98. The Morgan fingerprint density at radius 1 is 0.634 bits per heavy atom. The summed E-state index contributed by atoms with van der Waals surface area (Å²) >= 11 is 0. The largest absolute Gasteiger partial charge is 0.459 e. The molecule has 0 bridgehead atoms. The number of benzene rings is 4. The molecule has 0 aromatic heterocycles. The second kappa shape index (κ2) is 13.3. The van der Waals surface area contributed by atoms with Gasteiger partial charge in [-0.25, -0.2) is 0 Å². The van der Waals surface area contributed by atoms with E-state index in [0.717, 1.165) is 22.3 Å². The van der Waals surface area contributed by atoms with Crippen molar-refractivity contribution in [1.82, 2.24) is 8.61 Å². The number of hydrogen-bond donors (Lipinski definition) is 0. The Labute approximate surface area is 243 Å². The first-order chi connectivity index (χ1) is 19.9. The second-order valence-corrected chi connectivity index (χ2v) is 12.3. The average Bonchev–Trinajstić information content (AvgIpc) is 2.99. The van der Waals surface area contributed by atoms with Crippen molar-refractivity contribution >= 4 is 16.2 Å². The highest BCUT2D eigenvalue weighted by molar-refractivity contribution is 7.86. The van der Waals surface area contributed by atoms with Crippen molar-refractivity contribution in [3.05, 3.63) is 144 Å². The normalized spacial score (nSPS) is 20.9. The highest BCUT2D eigenvalue weighted by Crippen LogP contribution is 2.36. The van der Waals surface area contributed by atoms with Crippen LogP contribution in [0.25, 0.3) is 0 Å². The van der Waals surface area contributed by atoms with Crippen LogP contribution in [-0.2, 0) is 45.7 Å². The van der Waals surface area contributed by atoms with Crippen molar-refractivity contribution < 1.29 is 17.9 Å². The van der Waals surface area contributed by atoms with E-state index in [1.807, 2.05) is 121 Å². The molecule has 7 heteroatoms. The first-order valence-electron chi connectivity index (χ1n) is 14.0. The van der Waals surface area contributed by atoms with Crippen LogP contribution in [-0.4, -0.2) is 41.2 Å². The molecule has 0 amide bonds. The molecule has 1 heterocycles. The Hall–Kier alpha value is -3.78. The van der Waals surface area contributed by atoms with Crippen molar-refractivity contribution in [2.45, 2.75) is 57.5 Å². The third kappa shape index (κ3) is 7.11. The lowest BCUT2D eigenvalue weighted by Gasteiger charge is -2.49. The molecular formula is C34H36N2O4S. The van der Waals surface area contributed by atoms with Crippen LogP contribution >= 0.6 is 0 Å². The van der Waals surface area contributed by atoms with Gasteiger partial charge in [0.2, 0.25) is 0 Å². The molecule has 0 radical (unpaired) electrons. The average molecular weight is 569 g/mol. The summed E-state index contributed by atoms with van der Waals surface area (Å²) in [5.41, 5.74) is 3.85. The van der Waals surface area contributed by atoms with Gasteiger partial charge in [0.1, 0.15) is 6.10 Å². The number of hydrogen-bond acceptors (Lipinski definition) is 4. The van der Waals surface area contributed by atoms with Gasteiger partial charge in [0.05, 0.1) is 12.1 Å². The Bertz CT molecular complexity index is 1500. The molecule has 3 atom stereocenters. The quantitative estimate of drug-likeness (QED) is 0.227. The van der Waals surface area contributed by atoms with E-state index in [4.69, 9.17) is 4.74 Å². The predicted molar refractivity (Wildman–Crippen MR) is 161 cm³/mol. The van der Waals surface area contributed by atoms with Gasteiger partial charge in [-0.2, -0.15) is 17.0 Å². The minimum absolute atomic E-state index is 0.176. The van der Waals surface area contributed by atoms with Gasteiger partial charge in [0, 0.05) is 20.0 Å². The minimum Gasteiger partial charge on any atom is -0.459 e. The van der Waals surface area contributed by atoms with E-state index in [9.17, 15) is 13.2 Å². The lowest BCUT2D eigenvalue weighted by molar-refractivity contribution is -0.154. The van der Waals surface area contributed by atoms with Gasteiger partial charge in [-0.1, -0.05) is 121 Å². The first kappa shape index (κ1) is 28.7. The Kier molecular flexibility index (Phi) is 9.29. The van der Waals surface area contributed by atoms with Gasteiger partial charge in [0.15, 0.2) is 0 Å². The number of aryl methyl sites for hydroxylation is 1. The van der Waals surface area contributed by atoms with Crippen molar-refractivity contribution in [1.29, 1.82) is 0 Å². The van der Waals surface area contributed by atoms with Crippen LogP contribution in [0.4, 0.5) is 0 Å². The maximum absolute atomic E-state index is 14.7. The summed E-state index contributed by atoms with van der Waals surface area (Å²) in [4.78, 5) is 12.6. The zero-order chi connectivity index (χ0) is 28.7. The molecule has 4 aromatic rings. The van der Waals surface area contributed by atoms with Crippen LogP contribution < -0.4 is 0 Å². The fourth-order valence-corrected chi connectivity index (χ4v) is 7.67. The highest BCUT2D eigenvalue weighted by atomic mass is 32.2. The van der Waals surface area contributed by atoms with E-state index in [2.05, 4.69) is 0 Å². The standard InChI is InChI=1S/C34H36N2O4S/c1-27(37)40-34-32(23-22-28-14-6-2-7-15-28)35(25-30-18-10-4-11-19-30)41(38,39)36(26-31-20-12-5-13-21-31)33(34)24-29-16-8-3-9-17-29/h2-21,32-34H,22-26H2,1H3/t32-,33-,34-/m1/s1. The van der Waals surface area contributed by atoms with Gasteiger partial charge in [-0.15, -0.1) is 0 Å². The van der Waals surface area contributed by atoms with Gasteiger partial charge in [0.25, 0.3) is 10.2 Å². The molecule has 0 N–H and O–H groups in total. The Balaban J connectivity index is 1.61. The second-order valence-electron chi connectivity index (χ2n) is 10.5. The van der Waals surface area contributed by atoms with E-state index < -0.39 is 34.4 Å². The zero-order valence-electron chi connectivity index (χ0n) is 23.3. The summed E-state index contributed by atoms with van der Waals surface area (Å²) < 4.78 is 38.6. The summed E-state index contributed by atoms with van der Waals surface area (Å²) in [6.45, 7) is 1.76. The number of ether oxygens (including phenoxy) is 1. The van der Waals surface area contributed by atoms with Crippen LogP contribution in [0.15, 0.2) is 121 Å². The van der Waals surface area contributed by atoms with Crippen LogP contribution in [0.2, 0.25) is 0 Å². The number of nitrogens with zero attached hydrogens (tertiary/aromatic N) is 2. The van der Waals surface area contributed by atoms with Gasteiger partial charge in [-0.3, -0.25) is 4.79 Å². The van der Waals surface area contributed by atoms with Crippen LogP contribution in [0, 0.1) is 0 Å². The third-order valence-corrected chi connectivity index (χ3v) is 9.60. The minimum atomic E-state index is -3.98. The maximum Gasteiger partial charge on any atom is 0.303 e. The molecule has 0 aliphatic carbocycles. The number of carbonyl (C=O) groups is 1. The number of rotatable bonds is 10. The first-order valence-corrected chi connectivity index (χ1v) is 15.4. The molecule has 0 saturated carbocycles. The van der Waals surface area contributed by atoms with E-state index in [-0.39, 0.29) is 13.1 Å². The summed E-state index contributed by atoms with van der Waals surface area (Å²) in [5.74, 6) is -0.420. The van der Waals surface area contributed by atoms with E-state index in [1.165, 1.54) is 6.92 Å². The molecule has 0 unspecified atom stereocenters. The fraction of sp³-hybridized carbons (Fsp3) is 0.265. The lowest BCUT2D eigenvalue weighted by Crippen LogP contribution is -2.67. The van der Waals surface area contributed by atoms with Crippen LogP contribution in [0.3, 0.4) is 0 Å². The van der Waals surface area contributed by atoms with Crippen LogP contribution in [0.5, 0.6) is 0 Å². The van der Waals surface area contributed by atoms with Crippen LogP contribution in [0.1, 0.15) is 35.6 Å². The Morgan fingerprint density at radius 2 is 1.05 bits per heavy atom. The third-order valence-electron chi connectivity index (χ3n) is 7.61. The molecule has 5 rings (SSSR count). The highest BCUT2D eigenvalue weighted by Gasteiger charge is 2.52. The Morgan fingerprint density at radius 3 is 1.51 bits per heavy atom. The zero-order valence-corrected chi connectivity index (χ0v) is 24.1. The number of esters is 1. The number of carbonyl (C=O) groups excluding carboxylic acids is 1. The molecule has 0 spiro atoms. The van der Waals surface area contributed by atoms with Crippen molar-refractivity contribution in [3.8, 4) is 0 Å². The molecule has 1 fully saturated rings. The van der Waals surface area contributed by atoms with Gasteiger partial charge in [-0.05, 0) is 41.5 Å². The molecule has 41 heavy (non-hydrogen) atoms. The molecule has 6 nitrogen and oxygen atoms in total. The molecular weight excluding hydrogens is 532 g/mol. The monoisotopic (exact) mass is 568 g/mol. The lowest BCUT2D eigenvalue weighted by atomic mass is 9.91. The van der Waals surface area contributed by atoms with Gasteiger partial charge < -0.3 is 4.74 Å². The van der Waals surface area contributed by atoms with E-state index >= 15 is 0 Å². The summed E-state index contributed by atoms with van der Waals surface area (Å²) in [5, 5.41) is 0. The molecule has 4 aromatic carbocycles. The fourth-order valence-electron chi connectivity index (χ4n) is 5.68. The predicted octanol–water partition coefficient (Wildman–Crippen LogP) is 5.79. The van der Waals surface area contributed by atoms with E-state index in [1.54, 1.807) is 8.61 Å². The SMILES string of the molecule is CC(=O)O[C@@H]1[C@@H](CCc2ccccc2)N(Cc2ccccc2)S(=O)(=O)N(Cc2ccccc2)[C@@H]1Cc1ccccc1. The molecule has 212 valence electrons. The van der Waals surface area contributed by atoms with Crippen molar-refractivity contribution in [2.75, 3.05) is 0 Å². The maximum atomic E-state index is 14.7. The molecule has 1 aliphatic heterocycles.